The molecule has 8 heteroatoms. The van der Waals surface area contributed by atoms with Crippen molar-refractivity contribution >= 4 is 44.9 Å². The lowest BCUT2D eigenvalue weighted by Gasteiger charge is -2.45. The normalized spacial score (nSPS) is 23.9. The molecule has 1 amide bonds. The maximum absolute atomic E-state index is 13.3. The van der Waals surface area contributed by atoms with E-state index >= 15 is 0 Å². The van der Waals surface area contributed by atoms with E-state index in [4.69, 9.17) is 11.6 Å². The van der Waals surface area contributed by atoms with E-state index in [0.717, 1.165) is 0 Å². The van der Waals surface area contributed by atoms with Gasteiger partial charge in [-0.05, 0) is 56.2 Å². The first-order chi connectivity index (χ1) is 11.7. The van der Waals surface area contributed by atoms with Crippen molar-refractivity contribution in [2.75, 3.05) is 17.8 Å². The molecule has 0 radical (unpaired) electrons. The lowest BCUT2D eigenvalue weighted by molar-refractivity contribution is -0.118. The molecule has 25 heavy (non-hydrogen) atoms. The zero-order valence-electron chi connectivity index (χ0n) is 14.2. The fourth-order valence-corrected chi connectivity index (χ4v) is 5.97. The molecule has 2 aromatic rings. The van der Waals surface area contributed by atoms with Crippen LogP contribution in [0.15, 0.2) is 30.3 Å². The number of amides is 1. The van der Waals surface area contributed by atoms with Crippen LogP contribution in [-0.2, 0) is 4.79 Å². The summed E-state index contributed by atoms with van der Waals surface area (Å²) in [6.07, 6.45) is 4.83. The Morgan fingerprint density at radius 2 is 2.08 bits per heavy atom. The fraction of sp³-hybridized carbons (Fsp3) is 0.353. The summed E-state index contributed by atoms with van der Waals surface area (Å²) >= 11 is 7.54. The quantitative estimate of drug-likeness (QED) is 0.715. The van der Waals surface area contributed by atoms with Crippen molar-refractivity contribution in [1.29, 1.82) is 0 Å². The highest BCUT2D eigenvalue weighted by Crippen LogP contribution is 2.42. The molecule has 0 aliphatic carbocycles. The van der Waals surface area contributed by atoms with Gasteiger partial charge in [-0.15, -0.1) is 21.7 Å². The van der Waals surface area contributed by atoms with Gasteiger partial charge < -0.3 is 5.32 Å². The van der Waals surface area contributed by atoms with Gasteiger partial charge in [0, 0.05) is 15.4 Å². The zero-order chi connectivity index (χ0) is 18.2. The molecule has 136 valence electrons. The molecule has 0 spiro atoms. The number of benzene rings is 1. The number of aryl methyl sites for hydroxylation is 1. The van der Waals surface area contributed by atoms with Crippen LogP contribution >= 0.6 is 33.3 Å². The van der Waals surface area contributed by atoms with Crippen LogP contribution in [0, 0.1) is 12.7 Å². The molecule has 1 aliphatic rings. The first-order valence-corrected chi connectivity index (χ1v) is 11.5. The maximum Gasteiger partial charge on any atom is 0.242 e. The molecule has 3 rings (SSSR count). The van der Waals surface area contributed by atoms with Crippen LogP contribution < -0.4 is 14.8 Å². The molecule has 3 N–H and O–H groups in total. The van der Waals surface area contributed by atoms with E-state index in [0.29, 0.717) is 12.1 Å². The predicted octanol–water partition coefficient (Wildman–Crippen LogP) is 4.37. The SMILES string of the molecule is Cc1ccc(C2CC(C(=O)Nc3ccc(F)c(Cl)c3)NS(C)(C)N2)s1. The Balaban J connectivity index is 1.75. The van der Waals surface area contributed by atoms with E-state index in [-0.39, 0.29) is 23.0 Å². The summed E-state index contributed by atoms with van der Waals surface area (Å²) in [5.74, 6) is -0.638. The third-order valence-electron chi connectivity index (χ3n) is 3.95. The van der Waals surface area contributed by atoms with Crippen molar-refractivity contribution in [2.24, 2.45) is 0 Å². The Morgan fingerprint density at radius 3 is 2.72 bits per heavy atom. The Bertz CT molecular complexity index is 796. The lowest BCUT2D eigenvalue weighted by Crippen LogP contribution is -2.51. The molecule has 0 bridgehead atoms. The molecule has 1 fully saturated rings. The summed E-state index contributed by atoms with van der Waals surface area (Å²) in [6, 6.07) is 8.21. The molecule has 1 aromatic heterocycles. The highest BCUT2D eigenvalue weighted by atomic mass is 35.5. The predicted molar refractivity (Wildman–Crippen MR) is 106 cm³/mol. The van der Waals surface area contributed by atoms with Gasteiger partial charge in [0.05, 0.1) is 17.1 Å². The Labute approximate surface area is 157 Å². The molecule has 0 saturated carbocycles. The second kappa shape index (κ2) is 7.25. The number of hydrogen-bond donors (Lipinski definition) is 3. The third-order valence-corrected chi connectivity index (χ3v) is 7.10. The van der Waals surface area contributed by atoms with Gasteiger partial charge in [-0.2, -0.15) is 0 Å². The van der Waals surface area contributed by atoms with Crippen molar-refractivity contribution in [3.05, 3.63) is 50.9 Å². The minimum Gasteiger partial charge on any atom is -0.325 e. The van der Waals surface area contributed by atoms with Gasteiger partial charge in [-0.3, -0.25) is 14.2 Å². The summed E-state index contributed by atoms with van der Waals surface area (Å²) in [6.45, 7) is 2.08. The first kappa shape index (κ1) is 18.7. The zero-order valence-corrected chi connectivity index (χ0v) is 16.6. The average molecular weight is 402 g/mol. The highest BCUT2D eigenvalue weighted by molar-refractivity contribution is 8.29. The van der Waals surface area contributed by atoms with Crippen LogP contribution in [0.2, 0.25) is 5.02 Å². The van der Waals surface area contributed by atoms with Crippen LogP contribution in [0.25, 0.3) is 0 Å². The molecule has 1 aromatic carbocycles. The Kier molecular flexibility index (Phi) is 5.41. The van der Waals surface area contributed by atoms with Gasteiger partial charge in [-0.1, -0.05) is 11.6 Å². The van der Waals surface area contributed by atoms with Crippen LogP contribution in [0.1, 0.15) is 22.2 Å². The minimum atomic E-state index is -1.31. The second-order valence-electron chi connectivity index (χ2n) is 6.47. The van der Waals surface area contributed by atoms with Gasteiger partial charge in [0.15, 0.2) is 0 Å². The monoisotopic (exact) mass is 401 g/mol. The van der Waals surface area contributed by atoms with Crippen molar-refractivity contribution < 1.29 is 9.18 Å². The van der Waals surface area contributed by atoms with Crippen LogP contribution in [-0.4, -0.2) is 24.5 Å². The lowest BCUT2D eigenvalue weighted by atomic mass is 10.1. The largest absolute Gasteiger partial charge is 0.325 e. The summed E-state index contributed by atoms with van der Waals surface area (Å²) < 4.78 is 20.3. The van der Waals surface area contributed by atoms with Crippen molar-refractivity contribution in [3.8, 4) is 0 Å². The molecular formula is C17H21ClFN3OS2. The van der Waals surface area contributed by atoms with E-state index < -0.39 is 16.2 Å². The number of nitrogens with one attached hydrogen (secondary N) is 3. The van der Waals surface area contributed by atoms with Crippen LogP contribution in [0.4, 0.5) is 10.1 Å². The maximum atomic E-state index is 13.3. The van der Waals surface area contributed by atoms with Crippen molar-refractivity contribution in [3.63, 3.8) is 0 Å². The van der Waals surface area contributed by atoms with Crippen molar-refractivity contribution in [2.45, 2.75) is 25.4 Å². The fourth-order valence-electron chi connectivity index (χ4n) is 2.86. The molecule has 2 heterocycles. The Morgan fingerprint density at radius 1 is 1.32 bits per heavy atom. The topological polar surface area (TPSA) is 53.2 Å². The molecule has 2 atom stereocenters. The number of anilines is 1. The van der Waals surface area contributed by atoms with Crippen LogP contribution in [0.3, 0.4) is 0 Å². The van der Waals surface area contributed by atoms with Crippen LogP contribution in [0.5, 0.6) is 0 Å². The van der Waals surface area contributed by atoms with E-state index in [1.165, 1.54) is 28.0 Å². The van der Waals surface area contributed by atoms with E-state index in [9.17, 15) is 9.18 Å². The summed E-state index contributed by atoms with van der Waals surface area (Å²) in [7, 11) is -1.31. The van der Waals surface area contributed by atoms with Gasteiger partial charge in [0.1, 0.15) is 5.82 Å². The summed E-state index contributed by atoms with van der Waals surface area (Å²) in [5, 5.41) is 2.83. The summed E-state index contributed by atoms with van der Waals surface area (Å²) in [5.41, 5.74) is 0.494. The number of carbonyl (C=O) groups is 1. The number of hydrogen-bond acceptors (Lipinski definition) is 4. The van der Waals surface area contributed by atoms with E-state index in [1.807, 2.05) is 0 Å². The standard InChI is InChI=1S/C17H21ClFN3OS2/c1-10-4-7-16(24-10)14-9-15(22-25(2,3)21-14)17(23)20-11-5-6-13(19)12(18)8-11/h4-8,14-15,21-22H,9H2,1-3H3,(H,20,23). The molecular weight excluding hydrogens is 381 g/mol. The number of rotatable bonds is 3. The van der Waals surface area contributed by atoms with E-state index in [2.05, 4.69) is 46.3 Å². The number of halogens is 2. The number of thiophene rings is 1. The highest BCUT2D eigenvalue weighted by Gasteiger charge is 2.35. The van der Waals surface area contributed by atoms with Gasteiger partial charge in [0.25, 0.3) is 0 Å². The first-order valence-electron chi connectivity index (χ1n) is 7.83. The average Bonchev–Trinajstić information content (AvgIpc) is 2.96. The number of carbonyl (C=O) groups excluding carboxylic acids is 1. The molecule has 2 unspecified atom stereocenters. The van der Waals surface area contributed by atoms with Gasteiger partial charge in [0.2, 0.25) is 5.91 Å². The molecule has 1 saturated heterocycles. The Hall–Kier alpha value is -1.12. The molecule has 1 aliphatic heterocycles. The summed E-state index contributed by atoms with van der Waals surface area (Å²) in [4.78, 5) is 15.2. The van der Waals surface area contributed by atoms with E-state index in [1.54, 1.807) is 11.3 Å². The second-order valence-corrected chi connectivity index (χ2v) is 11.3. The molecule has 4 nitrogen and oxygen atoms in total. The minimum absolute atomic E-state index is 0.00559. The van der Waals surface area contributed by atoms with Gasteiger partial charge in [-0.25, -0.2) is 4.39 Å². The smallest absolute Gasteiger partial charge is 0.242 e. The van der Waals surface area contributed by atoms with Crippen molar-refractivity contribution in [1.82, 2.24) is 9.44 Å². The van der Waals surface area contributed by atoms with Gasteiger partial charge >= 0.3 is 0 Å². The third kappa shape index (κ3) is 4.54.